The van der Waals surface area contributed by atoms with E-state index in [1.807, 2.05) is 0 Å². The van der Waals surface area contributed by atoms with Crippen LogP contribution in [0.1, 0.15) is 18.2 Å². The second kappa shape index (κ2) is 5.27. The number of imidazole rings is 1. The SMILES string of the molecule is CCS(=O)(=O)c1c(CC(=O)O)nc2ccc(C(F)(F)F)cn12. The van der Waals surface area contributed by atoms with Crippen molar-refractivity contribution in [2.24, 2.45) is 0 Å². The number of halogens is 3. The van der Waals surface area contributed by atoms with Gasteiger partial charge in [-0.15, -0.1) is 0 Å². The molecule has 6 nitrogen and oxygen atoms in total. The van der Waals surface area contributed by atoms with E-state index in [1.165, 1.54) is 6.92 Å². The first-order valence-corrected chi connectivity index (χ1v) is 7.74. The molecule has 1 N–H and O–H groups in total. The minimum atomic E-state index is -4.65. The molecule has 10 heteroatoms. The second-order valence-electron chi connectivity index (χ2n) is 4.48. The standard InChI is InChI=1S/C12H11F3N2O4S/c1-2-22(20,21)11-8(5-10(18)19)16-9-4-3-7(6-17(9)11)12(13,14)15/h3-4,6H,2,5H2,1H3,(H,18,19). The summed E-state index contributed by atoms with van der Waals surface area (Å²) in [5.74, 6) is -1.71. The Balaban J connectivity index is 2.82. The average molecular weight is 336 g/mol. The monoisotopic (exact) mass is 336 g/mol. The third kappa shape index (κ3) is 2.91. The summed E-state index contributed by atoms with van der Waals surface area (Å²) in [6.07, 6.45) is -4.74. The van der Waals surface area contributed by atoms with E-state index in [4.69, 9.17) is 5.11 Å². The van der Waals surface area contributed by atoms with Gasteiger partial charge in [0, 0.05) is 6.20 Å². The van der Waals surface area contributed by atoms with Crippen molar-refractivity contribution in [3.05, 3.63) is 29.6 Å². The Morgan fingerprint density at radius 1 is 1.36 bits per heavy atom. The third-order valence-electron chi connectivity index (χ3n) is 2.96. The number of rotatable bonds is 4. The Morgan fingerprint density at radius 3 is 2.50 bits per heavy atom. The van der Waals surface area contributed by atoms with Gasteiger partial charge in [0.05, 0.1) is 23.4 Å². The molecule has 0 radical (unpaired) electrons. The zero-order chi connectivity index (χ0) is 16.7. The molecule has 2 aromatic rings. The zero-order valence-electron chi connectivity index (χ0n) is 11.3. The molecule has 120 valence electrons. The van der Waals surface area contributed by atoms with Crippen molar-refractivity contribution in [1.29, 1.82) is 0 Å². The van der Waals surface area contributed by atoms with Gasteiger partial charge in [0.1, 0.15) is 5.65 Å². The molecule has 0 aliphatic rings. The number of nitrogens with zero attached hydrogens (tertiary/aromatic N) is 2. The Hall–Kier alpha value is -2.10. The Kier molecular flexibility index (Phi) is 3.90. The summed E-state index contributed by atoms with van der Waals surface area (Å²) < 4.78 is 63.3. The lowest BCUT2D eigenvalue weighted by Crippen LogP contribution is -2.13. The van der Waals surface area contributed by atoms with E-state index in [2.05, 4.69) is 4.98 Å². The largest absolute Gasteiger partial charge is 0.481 e. The van der Waals surface area contributed by atoms with Gasteiger partial charge < -0.3 is 5.11 Å². The van der Waals surface area contributed by atoms with E-state index in [0.29, 0.717) is 6.20 Å². The van der Waals surface area contributed by atoms with E-state index >= 15 is 0 Å². The molecule has 0 bridgehead atoms. The predicted octanol–water partition coefficient (Wildman–Crippen LogP) is 1.77. The van der Waals surface area contributed by atoms with E-state index in [-0.39, 0.29) is 17.1 Å². The van der Waals surface area contributed by atoms with Crippen LogP contribution in [0.15, 0.2) is 23.4 Å². The normalized spacial score (nSPS) is 12.7. The number of fused-ring (bicyclic) bond motifs is 1. The fourth-order valence-corrected chi connectivity index (χ4v) is 3.16. The van der Waals surface area contributed by atoms with Crippen molar-refractivity contribution in [1.82, 2.24) is 9.38 Å². The first-order chi connectivity index (χ1) is 10.1. The molecule has 0 atom stereocenters. The van der Waals surface area contributed by atoms with Gasteiger partial charge in [-0.2, -0.15) is 13.2 Å². The quantitative estimate of drug-likeness (QED) is 0.919. The lowest BCUT2D eigenvalue weighted by atomic mass is 10.3. The highest BCUT2D eigenvalue weighted by molar-refractivity contribution is 7.91. The maximum Gasteiger partial charge on any atom is 0.417 e. The maximum absolute atomic E-state index is 12.8. The molecule has 0 amide bonds. The van der Waals surface area contributed by atoms with Crippen LogP contribution < -0.4 is 0 Å². The van der Waals surface area contributed by atoms with E-state index in [0.717, 1.165) is 16.5 Å². The average Bonchev–Trinajstić information content (AvgIpc) is 2.74. The van der Waals surface area contributed by atoms with Crippen LogP contribution in [0, 0.1) is 0 Å². The molecular weight excluding hydrogens is 325 g/mol. The molecule has 0 spiro atoms. The van der Waals surface area contributed by atoms with E-state index in [1.54, 1.807) is 0 Å². The molecule has 2 rings (SSSR count). The third-order valence-corrected chi connectivity index (χ3v) is 4.74. The van der Waals surface area contributed by atoms with E-state index in [9.17, 15) is 26.4 Å². The van der Waals surface area contributed by atoms with Crippen molar-refractivity contribution < 1.29 is 31.5 Å². The summed E-state index contributed by atoms with van der Waals surface area (Å²) in [4.78, 5) is 14.6. The lowest BCUT2D eigenvalue weighted by molar-refractivity contribution is -0.138. The first-order valence-electron chi connectivity index (χ1n) is 6.09. The molecule has 2 heterocycles. The second-order valence-corrected chi connectivity index (χ2v) is 6.67. The number of aromatic nitrogens is 2. The van der Waals surface area contributed by atoms with Gasteiger partial charge in [0.15, 0.2) is 14.9 Å². The van der Waals surface area contributed by atoms with Crippen LogP contribution in [-0.2, 0) is 27.2 Å². The van der Waals surface area contributed by atoms with Crippen molar-refractivity contribution in [2.45, 2.75) is 24.5 Å². The number of carboxylic acids is 1. The summed E-state index contributed by atoms with van der Waals surface area (Å²) >= 11 is 0. The molecule has 0 saturated heterocycles. The number of alkyl halides is 3. The van der Waals surface area contributed by atoms with Gasteiger partial charge in [-0.3, -0.25) is 9.20 Å². The number of pyridine rings is 1. The van der Waals surface area contributed by atoms with Crippen LogP contribution >= 0.6 is 0 Å². The molecule has 0 unspecified atom stereocenters. The molecule has 0 saturated carbocycles. The molecule has 0 fully saturated rings. The van der Waals surface area contributed by atoms with Crippen LogP contribution in [-0.4, -0.2) is 34.6 Å². The number of aliphatic carboxylic acids is 1. The number of carbonyl (C=O) groups is 1. The van der Waals surface area contributed by atoms with Crippen molar-refractivity contribution in [3.63, 3.8) is 0 Å². The van der Waals surface area contributed by atoms with E-state index < -0.39 is 39.0 Å². The van der Waals surface area contributed by atoms with Crippen LogP contribution in [0.4, 0.5) is 13.2 Å². The molecule has 0 aliphatic heterocycles. The smallest absolute Gasteiger partial charge is 0.417 e. The van der Waals surface area contributed by atoms with Crippen LogP contribution in [0.3, 0.4) is 0 Å². The molecule has 0 aromatic carbocycles. The Bertz CT molecular complexity index is 840. The topological polar surface area (TPSA) is 88.7 Å². The van der Waals surface area contributed by atoms with Gasteiger partial charge in [-0.1, -0.05) is 6.92 Å². The van der Waals surface area contributed by atoms with Crippen molar-refractivity contribution >= 4 is 21.5 Å². The predicted molar refractivity (Wildman–Crippen MR) is 69.3 cm³/mol. The van der Waals surface area contributed by atoms with Crippen LogP contribution in [0.2, 0.25) is 0 Å². The summed E-state index contributed by atoms with van der Waals surface area (Å²) in [6.45, 7) is 1.31. The maximum atomic E-state index is 12.8. The summed E-state index contributed by atoms with van der Waals surface area (Å²) in [7, 11) is -3.95. The van der Waals surface area contributed by atoms with Gasteiger partial charge >= 0.3 is 12.1 Å². The first kappa shape index (κ1) is 16.3. The highest BCUT2D eigenvalue weighted by Gasteiger charge is 2.32. The van der Waals surface area contributed by atoms with Gasteiger partial charge in [-0.05, 0) is 12.1 Å². The van der Waals surface area contributed by atoms with Gasteiger partial charge in [0.25, 0.3) is 0 Å². The highest BCUT2D eigenvalue weighted by atomic mass is 32.2. The zero-order valence-corrected chi connectivity index (χ0v) is 12.1. The fourth-order valence-electron chi connectivity index (χ4n) is 1.96. The highest BCUT2D eigenvalue weighted by Crippen LogP contribution is 2.30. The molecule has 0 aliphatic carbocycles. The fraction of sp³-hybridized carbons (Fsp3) is 0.333. The lowest BCUT2D eigenvalue weighted by Gasteiger charge is -2.08. The number of carboxylic acid groups (broad SMARTS) is 1. The minimum Gasteiger partial charge on any atom is -0.481 e. The summed E-state index contributed by atoms with van der Waals surface area (Å²) in [5, 5.41) is 8.30. The molecule has 2 aromatic heterocycles. The molecular formula is C12H11F3N2O4S. The molecule has 22 heavy (non-hydrogen) atoms. The van der Waals surface area contributed by atoms with Crippen LogP contribution in [0.25, 0.3) is 5.65 Å². The van der Waals surface area contributed by atoms with Gasteiger partial charge in [-0.25, -0.2) is 13.4 Å². The van der Waals surface area contributed by atoms with Crippen molar-refractivity contribution in [2.75, 3.05) is 5.75 Å². The summed E-state index contributed by atoms with van der Waals surface area (Å²) in [6, 6.07) is 1.76. The van der Waals surface area contributed by atoms with Crippen LogP contribution in [0.5, 0.6) is 0 Å². The number of hydrogen-bond acceptors (Lipinski definition) is 4. The Morgan fingerprint density at radius 2 is 2.00 bits per heavy atom. The van der Waals surface area contributed by atoms with Crippen molar-refractivity contribution in [3.8, 4) is 0 Å². The number of hydrogen-bond donors (Lipinski definition) is 1. The minimum absolute atomic E-state index is 0.0590. The number of sulfone groups is 1. The van der Waals surface area contributed by atoms with Gasteiger partial charge in [0.2, 0.25) is 0 Å². The summed E-state index contributed by atoms with van der Waals surface area (Å²) in [5.41, 5.74) is -1.39. The Labute approximate surface area is 123 Å².